The predicted molar refractivity (Wildman–Crippen MR) is 101 cm³/mol. The summed E-state index contributed by atoms with van der Waals surface area (Å²) < 4.78 is 10.4. The van der Waals surface area contributed by atoms with Gasteiger partial charge in [-0.2, -0.15) is 0 Å². The number of nitrogens with zero attached hydrogens (tertiary/aromatic N) is 2. The summed E-state index contributed by atoms with van der Waals surface area (Å²) in [6.07, 6.45) is 0.990. The summed E-state index contributed by atoms with van der Waals surface area (Å²) in [4.78, 5) is 16.6. The van der Waals surface area contributed by atoms with E-state index in [1.807, 2.05) is 31.1 Å². The Morgan fingerprint density at radius 3 is 2.56 bits per heavy atom. The maximum Gasteiger partial charge on any atom is 0.289 e. The number of carbonyl (C=O) groups excluding carboxylic acids is 1. The van der Waals surface area contributed by atoms with Crippen molar-refractivity contribution >= 4 is 5.91 Å². The number of benzene rings is 1. The lowest BCUT2D eigenvalue weighted by molar-refractivity contribution is -0.00200. The second kappa shape index (κ2) is 6.69. The molecule has 0 unspecified atom stereocenters. The highest BCUT2D eigenvalue weighted by Crippen LogP contribution is 2.52. The molecule has 2 aliphatic rings. The summed E-state index contributed by atoms with van der Waals surface area (Å²) in [6.45, 7) is 1.18. The first-order valence-corrected chi connectivity index (χ1v) is 9.35. The zero-order valence-electron chi connectivity index (χ0n) is 16.0. The van der Waals surface area contributed by atoms with Gasteiger partial charge in [-0.25, -0.2) is 0 Å². The first kappa shape index (κ1) is 18.1. The smallest absolute Gasteiger partial charge is 0.289 e. The van der Waals surface area contributed by atoms with Gasteiger partial charge in [0.25, 0.3) is 11.9 Å². The minimum absolute atomic E-state index is 0.0159. The molecular formula is C21H26N2O4. The molecule has 144 valence electrons. The van der Waals surface area contributed by atoms with Gasteiger partial charge in [0, 0.05) is 24.6 Å². The van der Waals surface area contributed by atoms with E-state index >= 15 is 0 Å². The number of aliphatic hydroxyl groups is 1. The molecule has 0 saturated carbocycles. The number of amides is 1. The third kappa shape index (κ3) is 2.75. The number of hydrogen-bond acceptors (Lipinski definition) is 5. The maximum atomic E-state index is 12.7. The molecule has 6 nitrogen and oxygen atoms in total. The van der Waals surface area contributed by atoms with Gasteiger partial charge in [0.1, 0.15) is 0 Å². The number of aliphatic hydroxyl groups excluding tert-OH is 1. The molecule has 1 aliphatic heterocycles. The molecule has 1 amide bonds. The van der Waals surface area contributed by atoms with Gasteiger partial charge in [0.2, 0.25) is 0 Å². The number of likely N-dealkylation sites (N-methyl/N-ethyl adjacent to an activating group) is 1. The molecule has 1 aromatic heterocycles. The third-order valence-electron chi connectivity index (χ3n) is 6.17. The second-order valence-electron chi connectivity index (χ2n) is 7.71. The van der Waals surface area contributed by atoms with E-state index in [2.05, 4.69) is 17.0 Å². The van der Waals surface area contributed by atoms with Gasteiger partial charge < -0.3 is 24.1 Å². The summed E-state index contributed by atoms with van der Waals surface area (Å²) in [5, 5.41) is 11.3. The number of fused-ring (bicyclic) bond motifs is 2. The molecule has 1 saturated heterocycles. The van der Waals surface area contributed by atoms with Gasteiger partial charge in [-0.05, 0) is 44.1 Å². The quantitative estimate of drug-likeness (QED) is 0.899. The second-order valence-corrected chi connectivity index (χ2v) is 7.71. The molecule has 1 aromatic carbocycles. The van der Waals surface area contributed by atoms with Crippen molar-refractivity contribution in [3.8, 4) is 5.95 Å². The highest BCUT2D eigenvalue weighted by atomic mass is 16.6. The van der Waals surface area contributed by atoms with E-state index in [0.29, 0.717) is 24.8 Å². The van der Waals surface area contributed by atoms with Crippen molar-refractivity contribution in [2.45, 2.75) is 30.4 Å². The number of rotatable bonds is 3. The number of methoxy groups -OCH3 is 1. The van der Waals surface area contributed by atoms with Crippen molar-refractivity contribution in [2.75, 3.05) is 34.3 Å². The van der Waals surface area contributed by atoms with Crippen LogP contribution in [0.25, 0.3) is 0 Å². The number of piperidine rings is 1. The lowest BCUT2D eigenvalue weighted by Crippen LogP contribution is -2.50. The van der Waals surface area contributed by atoms with Gasteiger partial charge in [-0.1, -0.05) is 24.3 Å². The lowest BCUT2D eigenvalue weighted by atomic mass is 9.72. The zero-order chi connectivity index (χ0) is 19.2. The van der Waals surface area contributed by atoms with Gasteiger partial charge in [0.15, 0.2) is 5.76 Å². The SMILES string of the molecule is COc1ccc(C(=O)N2CCC3(CC2)c2ccccc2[C@@H](N(C)C)[C@@H]3O)o1. The summed E-state index contributed by atoms with van der Waals surface area (Å²) >= 11 is 0. The van der Waals surface area contributed by atoms with Crippen LogP contribution in [-0.4, -0.2) is 61.2 Å². The monoisotopic (exact) mass is 370 g/mol. The Hall–Kier alpha value is -2.31. The Morgan fingerprint density at radius 1 is 1.22 bits per heavy atom. The topological polar surface area (TPSA) is 66.2 Å². The van der Waals surface area contributed by atoms with Crippen LogP contribution in [0.3, 0.4) is 0 Å². The fourth-order valence-electron chi connectivity index (χ4n) is 4.78. The molecule has 0 bridgehead atoms. The van der Waals surface area contributed by atoms with Crippen molar-refractivity contribution in [1.29, 1.82) is 0 Å². The van der Waals surface area contributed by atoms with Crippen LogP contribution in [-0.2, 0) is 5.41 Å². The number of carbonyl (C=O) groups is 1. The number of furan rings is 1. The summed E-state index contributed by atoms with van der Waals surface area (Å²) in [6, 6.07) is 11.6. The molecule has 2 aromatic rings. The van der Waals surface area contributed by atoms with Crippen LogP contribution < -0.4 is 4.74 Å². The van der Waals surface area contributed by atoms with Crippen LogP contribution in [0.4, 0.5) is 0 Å². The molecule has 4 rings (SSSR count). The maximum absolute atomic E-state index is 12.7. The Morgan fingerprint density at radius 2 is 1.93 bits per heavy atom. The van der Waals surface area contributed by atoms with E-state index in [0.717, 1.165) is 12.8 Å². The highest BCUT2D eigenvalue weighted by Gasteiger charge is 2.53. The molecule has 6 heteroatoms. The van der Waals surface area contributed by atoms with Crippen molar-refractivity contribution in [2.24, 2.45) is 0 Å². The Labute approximate surface area is 159 Å². The van der Waals surface area contributed by atoms with E-state index in [1.54, 1.807) is 12.1 Å². The molecule has 2 heterocycles. The third-order valence-corrected chi connectivity index (χ3v) is 6.17. The van der Waals surface area contributed by atoms with E-state index in [-0.39, 0.29) is 17.4 Å². The van der Waals surface area contributed by atoms with E-state index < -0.39 is 6.10 Å². The van der Waals surface area contributed by atoms with Crippen LogP contribution in [0.5, 0.6) is 5.95 Å². The Bertz CT molecular complexity index is 836. The molecule has 27 heavy (non-hydrogen) atoms. The van der Waals surface area contributed by atoms with Crippen molar-refractivity contribution < 1.29 is 19.1 Å². The van der Waals surface area contributed by atoms with Crippen LogP contribution >= 0.6 is 0 Å². The van der Waals surface area contributed by atoms with Gasteiger partial charge in [-0.15, -0.1) is 0 Å². The average molecular weight is 370 g/mol. The van der Waals surface area contributed by atoms with E-state index in [9.17, 15) is 9.90 Å². The minimum Gasteiger partial charge on any atom is -0.468 e. The van der Waals surface area contributed by atoms with Crippen LogP contribution in [0.1, 0.15) is 40.6 Å². The van der Waals surface area contributed by atoms with Crippen molar-refractivity contribution in [1.82, 2.24) is 9.80 Å². The molecule has 1 N–H and O–H groups in total. The zero-order valence-corrected chi connectivity index (χ0v) is 16.0. The van der Waals surface area contributed by atoms with Gasteiger partial charge in [0.05, 0.1) is 19.3 Å². The first-order valence-electron chi connectivity index (χ1n) is 9.35. The summed E-state index contributed by atoms with van der Waals surface area (Å²) in [5.41, 5.74) is 2.12. The predicted octanol–water partition coefficient (Wildman–Crippen LogP) is 2.44. The van der Waals surface area contributed by atoms with Gasteiger partial charge >= 0.3 is 0 Å². The fourth-order valence-corrected chi connectivity index (χ4v) is 4.78. The first-order chi connectivity index (χ1) is 13.0. The number of likely N-dealkylation sites (tertiary alicyclic amines) is 1. The van der Waals surface area contributed by atoms with Gasteiger partial charge in [-0.3, -0.25) is 4.79 Å². The fraction of sp³-hybridized carbons (Fsp3) is 0.476. The van der Waals surface area contributed by atoms with Crippen molar-refractivity contribution in [3.63, 3.8) is 0 Å². The molecule has 2 atom stereocenters. The molecular weight excluding hydrogens is 344 g/mol. The summed E-state index contributed by atoms with van der Waals surface area (Å²) in [5.74, 6) is 0.500. The largest absolute Gasteiger partial charge is 0.468 e. The van der Waals surface area contributed by atoms with E-state index in [1.165, 1.54) is 18.2 Å². The van der Waals surface area contributed by atoms with Crippen LogP contribution in [0.2, 0.25) is 0 Å². The molecule has 1 fully saturated rings. The number of hydrogen-bond donors (Lipinski definition) is 1. The highest BCUT2D eigenvalue weighted by molar-refractivity contribution is 5.91. The lowest BCUT2D eigenvalue weighted by Gasteiger charge is -2.43. The Kier molecular flexibility index (Phi) is 4.48. The number of ether oxygens (including phenoxy) is 1. The molecule has 0 radical (unpaired) electrons. The van der Waals surface area contributed by atoms with E-state index in [4.69, 9.17) is 9.15 Å². The normalized spacial score (nSPS) is 23.7. The van der Waals surface area contributed by atoms with Crippen LogP contribution in [0, 0.1) is 0 Å². The standard InChI is InChI=1S/C21H26N2O4/c1-22(2)18-14-6-4-5-7-15(14)21(19(18)24)10-12-23(13-11-21)20(25)16-8-9-17(26-3)27-16/h4-9,18-19,24H,10-13H2,1-3H3/t18-,19+/m1/s1. The average Bonchev–Trinajstić information content (AvgIpc) is 3.25. The molecule has 1 aliphatic carbocycles. The van der Waals surface area contributed by atoms with Crippen molar-refractivity contribution in [3.05, 3.63) is 53.3 Å². The Balaban J connectivity index is 1.57. The molecule has 1 spiro atoms. The summed E-state index contributed by atoms with van der Waals surface area (Å²) in [7, 11) is 5.52. The van der Waals surface area contributed by atoms with Crippen LogP contribution in [0.15, 0.2) is 40.8 Å². The minimum atomic E-state index is -0.481.